The molecule has 3 unspecified atom stereocenters. The maximum absolute atomic E-state index is 9.79. The van der Waals surface area contributed by atoms with E-state index in [9.17, 15) is 5.11 Å². The minimum atomic E-state index is -0.127. The molecule has 1 rings (SSSR count). The zero-order chi connectivity index (χ0) is 12.3. The van der Waals surface area contributed by atoms with Gasteiger partial charge in [0.05, 0.1) is 12.2 Å². The molecule has 0 bridgehead atoms. The molecule has 0 aromatic heterocycles. The minimum absolute atomic E-state index is 0.127. The Bertz CT molecular complexity index is 218. The van der Waals surface area contributed by atoms with Crippen molar-refractivity contribution in [2.24, 2.45) is 5.41 Å². The molecule has 0 saturated heterocycles. The maximum Gasteiger partial charge on any atom is 0.0670 e. The van der Waals surface area contributed by atoms with Gasteiger partial charge in [0, 0.05) is 19.7 Å². The molecule has 1 saturated carbocycles. The fourth-order valence-electron chi connectivity index (χ4n) is 2.78. The number of aliphatic hydroxyl groups excluding tert-OH is 1. The number of ether oxygens (including phenoxy) is 1. The molecule has 0 spiro atoms. The average molecular weight is 229 g/mol. The van der Waals surface area contributed by atoms with Crippen molar-refractivity contribution in [1.29, 1.82) is 0 Å². The van der Waals surface area contributed by atoms with Crippen molar-refractivity contribution in [3.05, 3.63) is 0 Å². The van der Waals surface area contributed by atoms with Crippen molar-refractivity contribution in [1.82, 2.24) is 4.90 Å². The third kappa shape index (κ3) is 3.44. The summed E-state index contributed by atoms with van der Waals surface area (Å²) in [6.07, 6.45) is 3.06. The molecule has 3 atom stereocenters. The van der Waals surface area contributed by atoms with Crippen LogP contribution in [0.25, 0.3) is 0 Å². The van der Waals surface area contributed by atoms with E-state index in [1.807, 2.05) is 0 Å². The lowest BCUT2D eigenvalue weighted by Gasteiger charge is -2.46. The number of aliphatic hydroxyl groups is 1. The van der Waals surface area contributed by atoms with Gasteiger partial charge in [0.1, 0.15) is 0 Å². The first-order chi connectivity index (χ1) is 7.36. The van der Waals surface area contributed by atoms with Gasteiger partial charge in [0.2, 0.25) is 0 Å². The summed E-state index contributed by atoms with van der Waals surface area (Å²) in [5.74, 6) is 0. The molecule has 1 aliphatic rings. The van der Waals surface area contributed by atoms with Crippen LogP contribution in [0.3, 0.4) is 0 Å². The third-order valence-corrected chi connectivity index (χ3v) is 4.00. The number of rotatable bonds is 4. The van der Waals surface area contributed by atoms with Crippen LogP contribution in [-0.2, 0) is 4.74 Å². The molecule has 0 aromatic rings. The predicted octanol–water partition coefficient (Wildman–Crippen LogP) is 1.89. The van der Waals surface area contributed by atoms with Crippen LogP contribution in [0.1, 0.15) is 40.0 Å². The zero-order valence-corrected chi connectivity index (χ0v) is 11.4. The van der Waals surface area contributed by atoms with E-state index < -0.39 is 0 Å². The fourth-order valence-corrected chi connectivity index (χ4v) is 2.78. The van der Waals surface area contributed by atoms with Gasteiger partial charge in [-0.2, -0.15) is 0 Å². The second kappa shape index (κ2) is 5.48. The average Bonchev–Trinajstić information content (AvgIpc) is 2.21. The van der Waals surface area contributed by atoms with Gasteiger partial charge in [-0.1, -0.05) is 13.8 Å². The second-order valence-corrected chi connectivity index (χ2v) is 5.92. The van der Waals surface area contributed by atoms with Crippen LogP contribution in [0.2, 0.25) is 0 Å². The van der Waals surface area contributed by atoms with Gasteiger partial charge < -0.3 is 14.7 Å². The van der Waals surface area contributed by atoms with Crippen molar-refractivity contribution in [3.8, 4) is 0 Å². The lowest BCUT2D eigenvalue weighted by atomic mass is 9.71. The Morgan fingerprint density at radius 3 is 2.69 bits per heavy atom. The van der Waals surface area contributed by atoms with Gasteiger partial charge in [0.25, 0.3) is 0 Å². The molecule has 3 nitrogen and oxygen atoms in total. The van der Waals surface area contributed by atoms with E-state index in [1.54, 1.807) is 7.11 Å². The molecule has 1 fully saturated rings. The quantitative estimate of drug-likeness (QED) is 0.799. The lowest BCUT2D eigenvalue weighted by molar-refractivity contribution is -0.0199. The standard InChI is InChI=1S/C13H27NO2/c1-10(16-5)9-14(4)12-8-11(15)6-7-13(12,2)3/h10-12,15H,6-9H2,1-5H3. The van der Waals surface area contributed by atoms with Crippen molar-refractivity contribution in [2.75, 3.05) is 20.7 Å². The molecular weight excluding hydrogens is 202 g/mol. The van der Waals surface area contributed by atoms with E-state index in [-0.39, 0.29) is 12.2 Å². The molecule has 0 radical (unpaired) electrons. The van der Waals surface area contributed by atoms with Gasteiger partial charge >= 0.3 is 0 Å². The van der Waals surface area contributed by atoms with Gasteiger partial charge in [-0.25, -0.2) is 0 Å². The third-order valence-electron chi connectivity index (χ3n) is 4.00. The number of likely N-dealkylation sites (N-methyl/N-ethyl adjacent to an activating group) is 1. The van der Waals surface area contributed by atoms with Gasteiger partial charge in [-0.3, -0.25) is 0 Å². The number of methoxy groups -OCH3 is 1. The summed E-state index contributed by atoms with van der Waals surface area (Å²) < 4.78 is 5.30. The minimum Gasteiger partial charge on any atom is -0.393 e. The Kier molecular flexibility index (Phi) is 4.77. The summed E-state index contributed by atoms with van der Waals surface area (Å²) in [5, 5.41) is 9.79. The maximum atomic E-state index is 9.79. The molecule has 3 heteroatoms. The summed E-state index contributed by atoms with van der Waals surface area (Å²) in [6, 6.07) is 0.453. The molecule has 0 aromatic carbocycles. The first kappa shape index (κ1) is 13.9. The molecule has 0 amide bonds. The van der Waals surface area contributed by atoms with Crippen molar-refractivity contribution >= 4 is 0 Å². The molecule has 96 valence electrons. The second-order valence-electron chi connectivity index (χ2n) is 5.92. The Morgan fingerprint density at radius 2 is 2.12 bits per heavy atom. The Hall–Kier alpha value is -0.120. The lowest BCUT2D eigenvalue weighted by Crippen LogP contribution is -2.50. The van der Waals surface area contributed by atoms with Crippen LogP contribution in [-0.4, -0.2) is 49.0 Å². The highest BCUT2D eigenvalue weighted by Crippen LogP contribution is 2.38. The predicted molar refractivity (Wildman–Crippen MR) is 66.5 cm³/mol. The van der Waals surface area contributed by atoms with Gasteiger partial charge in [0.15, 0.2) is 0 Å². The Balaban J connectivity index is 2.60. The summed E-state index contributed by atoms with van der Waals surface area (Å²) in [4.78, 5) is 2.34. The highest BCUT2D eigenvalue weighted by molar-refractivity contribution is 4.92. The largest absolute Gasteiger partial charge is 0.393 e. The molecule has 16 heavy (non-hydrogen) atoms. The first-order valence-electron chi connectivity index (χ1n) is 6.28. The van der Waals surface area contributed by atoms with Crippen molar-refractivity contribution in [2.45, 2.75) is 58.3 Å². The van der Waals surface area contributed by atoms with E-state index in [0.29, 0.717) is 11.5 Å². The molecule has 1 N–H and O–H groups in total. The summed E-state index contributed by atoms with van der Waals surface area (Å²) in [6.45, 7) is 7.62. The van der Waals surface area contributed by atoms with Gasteiger partial charge in [-0.05, 0) is 38.6 Å². The number of hydrogen-bond acceptors (Lipinski definition) is 3. The molecule has 0 heterocycles. The van der Waals surface area contributed by atoms with E-state index in [1.165, 1.54) is 0 Å². The fraction of sp³-hybridized carbons (Fsp3) is 1.00. The van der Waals surface area contributed by atoms with Crippen LogP contribution >= 0.6 is 0 Å². The summed E-state index contributed by atoms with van der Waals surface area (Å²) in [7, 11) is 3.89. The summed E-state index contributed by atoms with van der Waals surface area (Å²) >= 11 is 0. The first-order valence-corrected chi connectivity index (χ1v) is 6.28. The number of nitrogens with zero attached hydrogens (tertiary/aromatic N) is 1. The van der Waals surface area contributed by atoms with E-state index >= 15 is 0 Å². The van der Waals surface area contributed by atoms with E-state index in [0.717, 1.165) is 25.8 Å². The van der Waals surface area contributed by atoms with Crippen LogP contribution in [0.5, 0.6) is 0 Å². The van der Waals surface area contributed by atoms with Crippen LogP contribution in [0.4, 0.5) is 0 Å². The topological polar surface area (TPSA) is 32.7 Å². The Morgan fingerprint density at radius 1 is 1.50 bits per heavy atom. The normalized spacial score (nSPS) is 31.7. The van der Waals surface area contributed by atoms with E-state index in [2.05, 4.69) is 32.7 Å². The number of hydrogen-bond donors (Lipinski definition) is 1. The molecular formula is C13H27NO2. The summed E-state index contributed by atoms with van der Waals surface area (Å²) in [5.41, 5.74) is 0.293. The van der Waals surface area contributed by atoms with E-state index in [4.69, 9.17) is 4.74 Å². The monoisotopic (exact) mass is 229 g/mol. The van der Waals surface area contributed by atoms with Crippen molar-refractivity contribution < 1.29 is 9.84 Å². The smallest absolute Gasteiger partial charge is 0.0670 e. The van der Waals surface area contributed by atoms with Crippen LogP contribution < -0.4 is 0 Å². The molecule has 1 aliphatic carbocycles. The zero-order valence-electron chi connectivity index (χ0n) is 11.4. The van der Waals surface area contributed by atoms with Crippen molar-refractivity contribution in [3.63, 3.8) is 0 Å². The highest BCUT2D eigenvalue weighted by Gasteiger charge is 2.38. The highest BCUT2D eigenvalue weighted by atomic mass is 16.5. The van der Waals surface area contributed by atoms with Crippen LogP contribution in [0, 0.1) is 5.41 Å². The van der Waals surface area contributed by atoms with Gasteiger partial charge in [-0.15, -0.1) is 0 Å². The SMILES string of the molecule is COC(C)CN(C)C1CC(O)CCC1(C)C. The Labute approximate surface area is 99.8 Å². The van der Waals surface area contributed by atoms with Crippen LogP contribution in [0.15, 0.2) is 0 Å². The molecule has 0 aliphatic heterocycles.